The minimum absolute atomic E-state index is 0.0299. The number of nitrogens with one attached hydrogen (secondary N) is 1. The molecule has 10 heteroatoms. The zero-order chi connectivity index (χ0) is 48.7. The Hall–Kier alpha value is -2.29. The summed E-state index contributed by atoms with van der Waals surface area (Å²) in [5.74, 6) is -0.585. The van der Waals surface area contributed by atoms with E-state index in [-0.39, 0.29) is 24.9 Å². The maximum atomic E-state index is 13.4. The largest absolute Gasteiger partial charge is 0.756 e. The van der Waals surface area contributed by atoms with Crippen LogP contribution in [0.25, 0.3) is 0 Å². The summed E-state index contributed by atoms with van der Waals surface area (Å²) in [6.45, 7) is 6.67. The standard InChI is InChI=1S/C56H103N2O7P/c1-7-10-13-16-19-22-25-28-31-33-36-39-42-45-48-55(59)57-53(52-64-66(61,62)63-51-50-58(4,5)6)54(47-44-41-38-35-32-29-26-23-20-17-14-11-8-2)65-56(60)49-46-43-40-37-34-30-27-24-21-18-15-12-9-3/h12,15,18,21,24,27,31,33,44,47,53-54H,7-11,13-14,16-17,19-20,22-23,25-26,28-30,32,34-43,45-46,48-52H2,1-6H3,(H-,57,59,61,62)/b15-12+,21-18+,27-24-,33-31-,47-44+. The molecule has 0 spiro atoms. The number of carbonyl (C=O) groups is 2. The van der Waals surface area contributed by atoms with Gasteiger partial charge in [-0.2, -0.15) is 0 Å². The average molecular weight is 947 g/mol. The number of ether oxygens (including phenoxy) is 1. The summed E-state index contributed by atoms with van der Waals surface area (Å²) in [6.07, 6.45) is 56.1. The summed E-state index contributed by atoms with van der Waals surface area (Å²) in [7, 11) is 1.16. The average Bonchev–Trinajstić information content (AvgIpc) is 3.27. The molecular formula is C56H103N2O7P. The molecule has 0 bridgehead atoms. The lowest BCUT2D eigenvalue weighted by atomic mass is 10.0. The molecule has 0 aromatic carbocycles. The monoisotopic (exact) mass is 947 g/mol. The second-order valence-electron chi connectivity index (χ2n) is 19.4. The first-order valence-corrected chi connectivity index (χ1v) is 28.6. The fraction of sp³-hybridized carbons (Fsp3) is 0.786. The van der Waals surface area contributed by atoms with Crippen molar-refractivity contribution in [2.24, 2.45) is 0 Å². The number of nitrogens with zero attached hydrogens (tertiary/aromatic N) is 1. The first-order chi connectivity index (χ1) is 31.9. The Kier molecular flexibility index (Phi) is 44.8. The van der Waals surface area contributed by atoms with E-state index in [1.807, 2.05) is 39.4 Å². The first-order valence-electron chi connectivity index (χ1n) is 27.1. The highest BCUT2D eigenvalue weighted by molar-refractivity contribution is 7.45. The number of amides is 1. The predicted octanol–water partition coefficient (Wildman–Crippen LogP) is 15.3. The molecule has 9 nitrogen and oxygen atoms in total. The zero-order valence-electron chi connectivity index (χ0n) is 43.6. The number of esters is 1. The quantitative estimate of drug-likeness (QED) is 0.0161. The molecule has 66 heavy (non-hydrogen) atoms. The van der Waals surface area contributed by atoms with Gasteiger partial charge in [0.05, 0.1) is 33.8 Å². The van der Waals surface area contributed by atoms with Crippen LogP contribution in [0.3, 0.4) is 0 Å². The second-order valence-corrected chi connectivity index (χ2v) is 20.8. The van der Waals surface area contributed by atoms with E-state index in [4.69, 9.17) is 13.8 Å². The van der Waals surface area contributed by atoms with Crippen molar-refractivity contribution in [1.82, 2.24) is 5.32 Å². The van der Waals surface area contributed by atoms with E-state index in [1.54, 1.807) is 0 Å². The summed E-state index contributed by atoms with van der Waals surface area (Å²) in [5, 5.41) is 3.00. The van der Waals surface area contributed by atoms with E-state index in [2.05, 4.69) is 68.6 Å². The third kappa shape index (κ3) is 46.8. The highest BCUT2D eigenvalue weighted by Gasteiger charge is 2.27. The zero-order valence-corrected chi connectivity index (χ0v) is 44.5. The molecule has 0 fully saturated rings. The molecule has 1 amide bonds. The Morgan fingerprint density at radius 1 is 0.545 bits per heavy atom. The number of carbonyl (C=O) groups excluding carboxylic acids is 2. The summed E-state index contributed by atoms with van der Waals surface area (Å²) in [6, 6.07) is -0.903. The van der Waals surface area contributed by atoms with Crippen LogP contribution < -0.4 is 10.2 Å². The third-order valence-electron chi connectivity index (χ3n) is 11.7. The van der Waals surface area contributed by atoms with Crippen molar-refractivity contribution in [3.63, 3.8) is 0 Å². The lowest BCUT2D eigenvalue weighted by Gasteiger charge is -2.30. The molecule has 1 N–H and O–H groups in total. The molecule has 0 rings (SSSR count). The van der Waals surface area contributed by atoms with Crippen molar-refractivity contribution in [1.29, 1.82) is 0 Å². The fourth-order valence-corrected chi connectivity index (χ4v) is 8.24. The minimum Gasteiger partial charge on any atom is -0.756 e. The number of unbranched alkanes of at least 4 members (excludes halogenated alkanes) is 26. The Bertz CT molecular complexity index is 1320. The van der Waals surface area contributed by atoms with Crippen LogP contribution in [0.1, 0.15) is 233 Å². The molecule has 3 unspecified atom stereocenters. The van der Waals surface area contributed by atoms with Gasteiger partial charge >= 0.3 is 5.97 Å². The van der Waals surface area contributed by atoms with E-state index in [0.29, 0.717) is 30.3 Å². The molecular weight excluding hydrogens is 844 g/mol. The summed E-state index contributed by atoms with van der Waals surface area (Å²) in [5.41, 5.74) is 0. The molecule has 0 aliphatic carbocycles. The highest BCUT2D eigenvalue weighted by Crippen LogP contribution is 2.38. The van der Waals surface area contributed by atoms with Crippen LogP contribution in [0.4, 0.5) is 0 Å². The van der Waals surface area contributed by atoms with Gasteiger partial charge in [-0.15, -0.1) is 0 Å². The van der Waals surface area contributed by atoms with Gasteiger partial charge in [-0.1, -0.05) is 204 Å². The topological polar surface area (TPSA) is 114 Å². The summed E-state index contributed by atoms with van der Waals surface area (Å²) < 4.78 is 30.1. The van der Waals surface area contributed by atoms with Gasteiger partial charge in [-0.3, -0.25) is 14.2 Å². The van der Waals surface area contributed by atoms with Gasteiger partial charge in [0.1, 0.15) is 19.3 Å². The molecule has 0 radical (unpaired) electrons. The van der Waals surface area contributed by atoms with Crippen LogP contribution in [-0.4, -0.2) is 69.4 Å². The van der Waals surface area contributed by atoms with Gasteiger partial charge in [-0.25, -0.2) is 0 Å². The van der Waals surface area contributed by atoms with Crippen LogP contribution in [0, 0.1) is 0 Å². The molecule has 3 atom stereocenters. The lowest BCUT2D eigenvalue weighted by Crippen LogP contribution is -2.47. The maximum absolute atomic E-state index is 13.4. The van der Waals surface area contributed by atoms with Crippen molar-refractivity contribution in [2.75, 3.05) is 40.9 Å². The smallest absolute Gasteiger partial charge is 0.306 e. The van der Waals surface area contributed by atoms with Gasteiger partial charge in [0, 0.05) is 12.8 Å². The van der Waals surface area contributed by atoms with Crippen molar-refractivity contribution in [3.05, 3.63) is 60.8 Å². The van der Waals surface area contributed by atoms with Crippen LogP contribution in [0.15, 0.2) is 60.8 Å². The molecule has 0 heterocycles. The van der Waals surface area contributed by atoms with Gasteiger partial charge < -0.3 is 28.5 Å². The lowest BCUT2D eigenvalue weighted by molar-refractivity contribution is -0.870. The molecule has 0 aromatic heterocycles. The number of hydrogen-bond donors (Lipinski definition) is 1. The maximum Gasteiger partial charge on any atom is 0.306 e. The number of rotatable bonds is 48. The highest BCUT2D eigenvalue weighted by atomic mass is 31.2. The van der Waals surface area contributed by atoms with E-state index in [1.165, 1.54) is 103 Å². The van der Waals surface area contributed by atoms with Crippen molar-refractivity contribution >= 4 is 19.7 Å². The number of phosphoric acid groups is 1. The van der Waals surface area contributed by atoms with Crippen LogP contribution in [0.5, 0.6) is 0 Å². The first kappa shape index (κ1) is 63.7. The number of allylic oxidation sites excluding steroid dienone is 9. The van der Waals surface area contributed by atoms with Crippen LogP contribution in [-0.2, 0) is 27.9 Å². The third-order valence-corrected chi connectivity index (χ3v) is 12.7. The summed E-state index contributed by atoms with van der Waals surface area (Å²) >= 11 is 0. The normalized spacial score (nSPS) is 14.3. The Morgan fingerprint density at radius 2 is 0.985 bits per heavy atom. The molecule has 0 aromatic rings. The van der Waals surface area contributed by atoms with Gasteiger partial charge in [0.2, 0.25) is 5.91 Å². The number of quaternary nitrogens is 1. The minimum atomic E-state index is -4.70. The van der Waals surface area contributed by atoms with Crippen molar-refractivity contribution in [2.45, 2.75) is 245 Å². The number of likely N-dealkylation sites (N-methyl/N-ethyl adjacent to an activating group) is 1. The molecule has 0 saturated heterocycles. The second kappa shape index (κ2) is 46.4. The van der Waals surface area contributed by atoms with E-state index >= 15 is 0 Å². The fourth-order valence-electron chi connectivity index (χ4n) is 7.52. The Morgan fingerprint density at radius 3 is 1.50 bits per heavy atom. The van der Waals surface area contributed by atoms with Crippen molar-refractivity contribution in [3.8, 4) is 0 Å². The van der Waals surface area contributed by atoms with Crippen molar-refractivity contribution < 1.29 is 37.3 Å². The number of phosphoric ester groups is 1. The van der Waals surface area contributed by atoms with Crippen LogP contribution >= 0.6 is 7.82 Å². The van der Waals surface area contributed by atoms with Gasteiger partial charge in [-0.05, 0) is 76.7 Å². The SMILES string of the molecule is CC/C=C/C=C/C=C\CCCCCCCC(=O)OC(/C=C/CCCCCCCCCCCCC)C(COP(=O)([O-])OCC[N+](C)(C)C)NC(=O)CCCCC/C=C\CCCCCCCCC. The van der Waals surface area contributed by atoms with Gasteiger partial charge in [0.25, 0.3) is 7.82 Å². The molecule has 0 saturated carbocycles. The van der Waals surface area contributed by atoms with E-state index in [0.717, 1.165) is 83.5 Å². The van der Waals surface area contributed by atoms with Crippen LogP contribution in [0.2, 0.25) is 0 Å². The molecule has 0 aliphatic heterocycles. The Labute approximate surface area is 407 Å². The molecule has 384 valence electrons. The predicted molar refractivity (Wildman–Crippen MR) is 279 cm³/mol. The summed E-state index contributed by atoms with van der Waals surface area (Å²) in [4.78, 5) is 39.7. The van der Waals surface area contributed by atoms with Gasteiger partial charge in [0.15, 0.2) is 0 Å². The number of hydrogen-bond acceptors (Lipinski definition) is 7. The Balaban J connectivity index is 5.48. The van der Waals surface area contributed by atoms with E-state index in [9.17, 15) is 19.0 Å². The van der Waals surface area contributed by atoms with E-state index < -0.39 is 26.6 Å². The molecule has 0 aliphatic rings.